The molecule has 3 aliphatic heterocycles. The summed E-state index contributed by atoms with van der Waals surface area (Å²) in [5, 5.41) is 0. The number of fused-ring (bicyclic) bond motifs is 1. The molecule has 0 spiro atoms. The molecular weight excluding hydrogens is 270 g/mol. The van der Waals surface area contributed by atoms with Gasteiger partial charge in [0, 0.05) is 14.1 Å². The number of aliphatic imine (C=N–C) groups is 1. The number of likely N-dealkylation sites (N-methyl/N-ethyl adjacent to an activating group) is 2. The van der Waals surface area contributed by atoms with Crippen molar-refractivity contribution in [2.45, 2.75) is 18.9 Å². The van der Waals surface area contributed by atoms with Gasteiger partial charge in [0.15, 0.2) is 0 Å². The summed E-state index contributed by atoms with van der Waals surface area (Å²) in [5.41, 5.74) is 0. The molecule has 1 atom stereocenters. The van der Waals surface area contributed by atoms with E-state index >= 15 is 0 Å². The Morgan fingerprint density at radius 3 is 2.57 bits per heavy atom. The number of carbonyl (C=O) groups is 2. The van der Waals surface area contributed by atoms with Crippen LogP contribution in [0.2, 0.25) is 0 Å². The van der Waals surface area contributed by atoms with E-state index in [1.54, 1.807) is 13.1 Å². The summed E-state index contributed by atoms with van der Waals surface area (Å²) >= 11 is 0. The van der Waals surface area contributed by atoms with Crippen LogP contribution in [0, 0.1) is 0 Å². The van der Waals surface area contributed by atoms with E-state index in [0.29, 0.717) is 12.4 Å². The molecule has 3 rings (SSSR count). The van der Waals surface area contributed by atoms with Crippen molar-refractivity contribution in [1.82, 2.24) is 14.7 Å². The molecule has 7 nitrogen and oxygen atoms in total. The maximum absolute atomic E-state index is 12.5. The standard InChI is InChI=1S/C14H20N5O2/c1-4-7-19-10-11(15-13(19)18-8-5-6-9-18)16(2)14(21)17(3)12(10)20/h4,10H,1,5-9H2,2-3H3/q+1. The highest BCUT2D eigenvalue weighted by molar-refractivity contribution is 6.25. The molecule has 1 unspecified atom stereocenters. The van der Waals surface area contributed by atoms with E-state index in [4.69, 9.17) is 0 Å². The predicted molar refractivity (Wildman–Crippen MR) is 78.3 cm³/mol. The third-order valence-electron chi connectivity index (χ3n) is 4.22. The second-order valence-corrected chi connectivity index (χ2v) is 5.55. The van der Waals surface area contributed by atoms with Gasteiger partial charge in [0.25, 0.3) is 5.91 Å². The summed E-state index contributed by atoms with van der Waals surface area (Å²) < 4.78 is 2.18. The molecular formula is C14H20N5O2+. The monoisotopic (exact) mass is 290 g/mol. The summed E-state index contributed by atoms with van der Waals surface area (Å²) in [5.74, 6) is 1.08. The van der Waals surface area contributed by atoms with E-state index in [-0.39, 0.29) is 11.9 Å². The number of amidine groups is 1. The highest BCUT2D eigenvalue weighted by atomic mass is 16.2. The normalized spacial score (nSPS) is 25.7. The van der Waals surface area contributed by atoms with E-state index in [1.165, 1.54) is 11.9 Å². The average Bonchev–Trinajstić information content (AvgIpc) is 3.10. The number of carbonyl (C=O) groups excluding carboxylic acids is 2. The third-order valence-corrected chi connectivity index (χ3v) is 4.22. The van der Waals surface area contributed by atoms with Crippen LogP contribution >= 0.6 is 0 Å². The van der Waals surface area contributed by atoms with Crippen molar-refractivity contribution in [3.8, 4) is 0 Å². The minimum Gasteiger partial charge on any atom is -0.270 e. The molecule has 2 saturated heterocycles. The van der Waals surface area contributed by atoms with Crippen LogP contribution in [-0.4, -0.2) is 82.8 Å². The smallest absolute Gasteiger partial charge is 0.270 e. The largest absolute Gasteiger partial charge is 0.392 e. The van der Waals surface area contributed by atoms with Gasteiger partial charge in [0.05, 0.1) is 19.6 Å². The average molecular weight is 290 g/mol. The van der Waals surface area contributed by atoms with Crippen LogP contribution in [0.1, 0.15) is 12.8 Å². The topological polar surface area (TPSA) is 59.2 Å². The first-order valence-electron chi connectivity index (χ1n) is 7.19. The molecule has 21 heavy (non-hydrogen) atoms. The van der Waals surface area contributed by atoms with Crippen LogP contribution in [0.5, 0.6) is 0 Å². The van der Waals surface area contributed by atoms with E-state index in [9.17, 15) is 9.59 Å². The highest BCUT2D eigenvalue weighted by Gasteiger charge is 2.54. The zero-order valence-electron chi connectivity index (χ0n) is 12.4. The number of hydrogen-bond donors (Lipinski definition) is 0. The lowest BCUT2D eigenvalue weighted by atomic mass is 10.1. The molecule has 2 fully saturated rings. The molecule has 0 aromatic heterocycles. The van der Waals surface area contributed by atoms with Crippen LogP contribution < -0.4 is 0 Å². The number of amides is 3. The van der Waals surface area contributed by atoms with Crippen molar-refractivity contribution in [1.29, 1.82) is 0 Å². The molecule has 3 amide bonds. The maximum atomic E-state index is 12.5. The number of nitrogens with zero attached hydrogens (tertiary/aromatic N) is 5. The Morgan fingerprint density at radius 2 is 1.95 bits per heavy atom. The molecule has 3 heterocycles. The number of guanidine groups is 1. The molecule has 0 N–H and O–H groups in total. The Hall–Kier alpha value is -2.18. The van der Waals surface area contributed by atoms with Gasteiger partial charge in [-0.25, -0.2) is 9.69 Å². The number of imide groups is 1. The molecule has 0 aliphatic carbocycles. The zero-order valence-corrected chi connectivity index (χ0v) is 12.4. The van der Waals surface area contributed by atoms with Gasteiger partial charge >= 0.3 is 12.0 Å². The predicted octanol–water partition coefficient (Wildman–Crippen LogP) is -0.0588. The van der Waals surface area contributed by atoms with E-state index < -0.39 is 6.04 Å². The Morgan fingerprint density at radius 1 is 1.29 bits per heavy atom. The van der Waals surface area contributed by atoms with Crippen LogP contribution in [0.4, 0.5) is 4.79 Å². The van der Waals surface area contributed by atoms with Crippen LogP contribution in [0.3, 0.4) is 0 Å². The molecule has 0 radical (unpaired) electrons. The summed E-state index contributed by atoms with van der Waals surface area (Å²) in [7, 11) is 3.17. The second-order valence-electron chi connectivity index (χ2n) is 5.55. The van der Waals surface area contributed by atoms with Gasteiger partial charge in [-0.2, -0.15) is 0 Å². The van der Waals surface area contributed by atoms with Crippen molar-refractivity contribution in [2.24, 2.45) is 4.99 Å². The third kappa shape index (κ3) is 1.95. The van der Waals surface area contributed by atoms with Gasteiger partial charge in [-0.15, -0.1) is 0 Å². The molecule has 0 saturated carbocycles. The van der Waals surface area contributed by atoms with Crippen molar-refractivity contribution >= 4 is 23.7 Å². The molecule has 0 aromatic carbocycles. The highest BCUT2D eigenvalue weighted by Crippen LogP contribution is 2.23. The minimum atomic E-state index is -0.522. The van der Waals surface area contributed by atoms with Gasteiger partial charge in [0.2, 0.25) is 11.9 Å². The maximum Gasteiger partial charge on any atom is 0.392 e. The van der Waals surface area contributed by atoms with Gasteiger partial charge in [0.1, 0.15) is 0 Å². The van der Waals surface area contributed by atoms with E-state index in [0.717, 1.165) is 36.8 Å². The lowest BCUT2D eigenvalue weighted by Crippen LogP contribution is -2.62. The van der Waals surface area contributed by atoms with E-state index in [1.807, 2.05) is 4.90 Å². The lowest BCUT2D eigenvalue weighted by molar-refractivity contribution is -0.511. The number of hydrogen-bond acceptors (Lipinski definition) is 2. The fraction of sp³-hybridized carbons (Fsp3) is 0.571. The molecule has 0 bridgehead atoms. The summed E-state index contributed by atoms with van der Waals surface area (Å²) in [4.78, 5) is 33.7. The quantitative estimate of drug-likeness (QED) is 0.529. The first kappa shape index (κ1) is 13.8. The van der Waals surface area contributed by atoms with Crippen molar-refractivity contribution in [3.63, 3.8) is 0 Å². The van der Waals surface area contributed by atoms with Crippen LogP contribution in [0.25, 0.3) is 0 Å². The van der Waals surface area contributed by atoms with Crippen LogP contribution in [0.15, 0.2) is 17.6 Å². The Bertz CT molecular complexity index is 572. The lowest BCUT2D eigenvalue weighted by Gasteiger charge is -2.32. The Labute approximate surface area is 123 Å². The van der Waals surface area contributed by atoms with Crippen molar-refractivity contribution in [3.05, 3.63) is 12.7 Å². The molecule has 0 aromatic rings. The fourth-order valence-electron chi connectivity index (χ4n) is 3.08. The second kappa shape index (κ2) is 4.98. The van der Waals surface area contributed by atoms with Crippen molar-refractivity contribution in [2.75, 3.05) is 33.7 Å². The Balaban J connectivity index is 2.07. The fourth-order valence-corrected chi connectivity index (χ4v) is 3.08. The Kier molecular flexibility index (Phi) is 3.27. The van der Waals surface area contributed by atoms with Crippen LogP contribution in [-0.2, 0) is 4.79 Å². The van der Waals surface area contributed by atoms with Gasteiger partial charge in [-0.05, 0) is 12.8 Å². The van der Waals surface area contributed by atoms with Gasteiger partial charge < -0.3 is 0 Å². The SMILES string of the molecule is C=CCN1C(=[N+]2CCCC2)N=C2C1C(=O)N(C)C(=O)N2C. The molecule has 7 heteroatoms. The first-order chi connectivity index (χ1) is 10.1. The minimum absolute atomic E-state index is 0.229. The number of urea groups is 1. The van der Waals surface area contributed by atoms with Gasteiger partial charge in [-0.1, -0.05) is 17.6 Å². The summed E-state index contributed by atoms with van der Waals surface area (Å²) in [6.45, 7) is 6.18. The van der Waals surface area contributed by atoms with Gasteiger partial charge in [-0.3, -0.25) is 19.2 Å². The molecule has 112 valence electrons. The summed E-state index contributed by atoms with van der Waals surface area (Å²) in [6, 6.07) is -0.859. The zero-order chi connectivity index (χ0) is 15.1. The van der Waals surface area contributed by atoms with E-state index in [2.05, 4.69) is 16.1 Å². The van der Waals surface area contributed by atoms with Crippen molar-refractivity contribution < 1.29 is 14.2 Å². The first-order valence-corrected chi connectivity index (χ1v) is 7.19. The molecule has 3 aliphatic rings. The number of rotatable bonds is 2. The summed E-state index contributed by atoms with van der Waals surface area (Å²) in [6.07, 6.45) is 4.02.